The van der Waals surface area contributed by atoms with E-state index in [1.165, 1.54) is 16.9 Å². The largest absolute Gasteiger partial charge is 0.373 e. The highest BCUT2D eigenvalue weighted by molar-refractivity contribution is 14.0. The van der Waals surface area contributed by atoms with Crippen molar-refractivity contribution < 1.29 is 4.74 Å². The zero-order valence-corrected chi connectivity index (χ0v) is 19.9. The fourth-order valence-corrected chi connectivity index (χ4v) is 4.30. The van der Waals surface area contributed by atoms with E-state index in [-0.39, 0.29) is 30.1 Å². The number of hydrogen-bond donors (Lipinski definition) is 2. The van der Waals surface area contributed by atoms with Crippen molar-refractivity contribution in [3.05, 3.63) is 58.3 Å². The first-order valence-electron chi connectivity index (χ1n) is 10.00. The van der Waals surface area contributed by atoms with Gasteiger partial charge in [0, 0.05) is 36.4 Å². The van der Waals surface area contributed by atoms with E-state index in [0.717, 1.165) is 38.6 Å². The minimum absolute atomic E-state index is 0. The minimum atomic E-state index is 0. The van der Waals surface area contributed by atoms with Gasteiger partial charge in [-0.15, -0.1) is 35.3 Å². The lowest BCUT2D eigenvalue weighted by Crippen LogP contribution is -2.42. The summed E-state index contributed by atoms with van der Waals surface area (Å²) in [5.41, 5.74) is 1.28. The number of benzene rings is 1. The Kier molecular flexibility index (Phi) is 10.3. The maximum Gasteiger partial charge on any atom is 0.191 e. The van der Waals surface area contributed by atoms with Gasteiger partial charge in [0.1, 0.15) is 0 Å². The lowest BCUT2D eigenvalue weighted by atomic mass is 9.89. The van der Waals surface area contributed by atoms with E-state index in [4.69, 9.17) is 9.73 Å². The molecule has 0 spiro atoms. The van der Waals surface area contributed by atoms with Crippen LogP contribution in [0.15, 0.2) is 52.8 Å². The molecule has 0 aliphatic carbocycles. The van der Waals surface area contributed by atoms with Crippen LogP contribution in [0.25, 0.3) is 0 Å². The Morgan fingerprint density at radius 3 is 2.75 bits per heavy atom. The zero-order chi connectivity index (χ0) is 18.9. The zero-order valence-electron chi connectivity index (χ0n) is 16.8. The Hall–Kier alpha value is -1.12. The fourth-order valence-electron chi connectivity index (χ4n) is 3.52. The average molecular weight is 513 g/mol. The SMILES string of the molecule is CCNC(=NCC(C)c1cccs1)NCC1CCCOC1c1ccccc1.I. The van der Waals surface area contributed by atoms with Gasteiger partial charge in [0.25, 0.3) is 0 Å². The molecule has 1 aromatic heterocycles. The predicted octanol–water partition coefficient (Wildman–Crippen LogP) is 5.19. The molecule has 1 aliphatic rings. The summed E-state index contributed by atoms with van der Waals surface area (Å²) >= 11 is 1.80. The van der Waals surface area contributed by atoms with E-state index < -0.39 is 0 Å². The number of hydrogen-bond acceptors (Lipinski definition) is 3. The molecule has 3 atom stereocenters. The molecule has 0 saturated carbocycles. The van der Waals surface area contributed by atoms with Crippen LogP contribution in [-0.4, -0.2) is 32.2 Å². The van der Waals surface area contributed by atoms with Crippen molar-refractivity contribution in [1.29, 1.82) is 0 Å². The molecule has 0 bridgehead atoms. The van der Waals surface area contributed by atoms with E-state index in [1.807, 2.05) is 0 Å². The summed E-state index contributed by atoms with van der Waals surface area (Å²) in [5, 5.41) is 9.06. The first-order chi connectivity index (χ1) is 13.3. The van der Waals surface area contributed by atoms with E-state index >= 15 is 0 Å². The molecule has 2 aromatic rings. The predicted molar refractivity (Wildman–Crippen MR) is 130 cm³/mol. The van der Waals surface area contributed by atoms with E-state index in [2.05, 4.69) is 72.3 Å². The van der Waals surface area contributed by atoms with Crippen LogP contribution >= 0.6 is 35.3 Å². The monoisotopic (exact) mass is 513 g/mol. The molecule has 28 heavy (non-hydrogen) atoms. The Bertz CT molecular complexity index is 693. The standard InChI is InChI=1S/C22H31N3OS.HI/c1-3-23-22(24-15-17(2)20-12-8-14-27-20)25-16-19-11-7-13-26-21(19)18-9-5-4-6-10-18;/h4-6,8-10,12,14,17,19,21H,3,7,11,13,15-16H2,1-2H3,(H2,23,24,25);1H. The first-order valence-corrected chi connectivity index (χ1v) is 10.9. The number of thiophene rings is 1. The smallest absolute Gasteiger partial charge is 0.191 e. The van der Waals surface area contributed by atoms with Crippen molar-refractivity contribution in [3.8, 4) is 0 Å². The van der Waals surface area contributed by atoms with Crippen LogP contribution in [0, 0.1) is 5.92 Å². The highest BCUT2D eigenvalue weighted by atomic mass is 127. The molecule has 3 unspecified atom stereocenters. The van der Waals surface area contributed by atoms with Crippen molar-refractivity contribution in [1.82, 2.24) is 10.6 Å². The molecular formula is C22H32IN3OS. The number of halogens is 1. The minimum Gasteiger partial charge on any atom is -0.373 e. The van der Waals surface area contributed by atoms with Crippen LogP contribution in [0.4, 0.5) is 0 Å². The Morgan fingerprint density at radius 2 is 2.04 bits per heavy atom. The molecule has 1 saturated heterocycles. The van der Waals surface area contributed by atoms with Gasteiger partial charge in [0.15, 0.2) is 5.96 Å². The van der Waals surface area contributed by atoms with Crippen molar-refractivity contribution in [3.63, 3.8) is 0 Å². The number of rotatable bonds is 7. The summed E-state index contributed by atoms with van der Waals surface area (Å²) in [5.74, 6) is 1.80. The van der Waals surface area contributed by atoms with Gasteiger partial charge in [-0.3, -0.25) is 4.99 Å². The summed E-state index contributed by atoms with van der Waals surface area (Å²) in [6, 6.07) is 14.9. The van der Waals surface area contributed by atoms with Crippen molar-refractivity contribution >= 4 is 41.3 Å². The second-order valence-electron chi connectivity index (χ2n) is 7.12. The van der Waals surface area contributed by atoms with Gasteiger partial charge in [0.2, 0.25) is 0 Å². The van der Waals surface area contributed by atoms with Gasteiger partial charge >= 0.3 is 0 Å². The highest BCUT2D eigenvalue weighted by Crippen LogP contribution is 2.33. The number of ether oxygens (including phenoxy) is 1. The normalized spacial score (nSPS) is 20.9. The van der Waals surface area contributed by atoms with Gasteiger partial charge in [-0.25, -0.2) is 0 Å². The summed E-state index contributed by atoms with van der Waals surface area (Å²) in [6.07, 6.45) is 2.47. The highest BCUT2D eigenvalue weighted by Gasteiger charge is 2.27. The molecule has 2 heterocycles. The number of aliphatic imine (C=N–C) groups is 1. The Balaban J connectivity index is 0.00000280. The average Bonchev–Trinajstić information content (AvgIpc) is 3.26. The first kappa shape index (κ1) is 23.2. The molecule has 1 aliphatic heterocycles. The molecule has 0 radical (unpaired) electrons. The fraction of sp³-hybridized carbons (Fsp3) is 0.500. The summed E-state index contributed by atoms with van der Waals surface area (Å²) in [6.45, 7) is 7.72. The second kappa shape index (κ2) is 12.4. The number of nitrogens with zero attached hydrogens (tertiary/aromatic N) is 1. The van der Waals surface area contributed by atoms with Crippen LogP contribution in [0.3, 0.4) is 0 Å². The third kappa shape index (κ3) is 6.74. The molecular weight excluding hydrogens is 481 g/mol. The van der Waals surface area contributed by atoms with Crippen LogP contribution in [0.1, 0.15) is 49.2 Å². The lowest BCUT2D eigenvalue weighted by molar-refractivity contribution is -0.0265. The Morgan fingerprint density at radius 1 is 1.21 bits per heavy atom. The maximum absolute atomic E-state index is 6.12. The lowest BCUT2D eigenvalue weighted by Gasteiger charge is -2.32. The molecule has 6 heteroatoms. The molecule has 4 nitrogen and oxygen atoms in total. The van der Waals surface area contributed by atoms with Crippen LogP contribution < -0.4 is 10.6 Å². The molecule has 0 amide bonds. The van der Waals surface area contributed by atoms with Crippen LogP contribution in [-0.2, 0) is 4.74 Å². The van der Waals surface area contributed by atoms with Gasteiger partial charge in [-0.2, -0.15) is 0 Å². The quantitative estimate of drug-likeness (QED) is 0.304. The van der Waals surface area contributed by atoms with Crippen LogP contribution in [0.5, 0.6) is 0 Å². The van der Waals surface area contributed by atoms with E-state index in [9.17, 15) is 0 Å². The number of nitrogens with one attached hydrogen (secondary N) is 2. The van der Waals surface area contributed by atoms with Gasteiger partial charge < -0.3 is 15.4 Å². The topological polar surface area (TPSA) is 45.7 Å². The summed E-state index contributed by atoms with van der Waals surface area (Å²) in [7, 11) is 0. The molecule has 154 valence electrons. The van der Waals surface area contributed by atoms with Gasteiger partial charge in [-0.1, -0.05) is 43.3 Å². The third-order valence-corrected chi connectivity index (χ3v) is 6.10. The molecule has 1 aromatic carbocycles. The Labute approximate surface area is 190 Å². The van der Waals surface area contributed by atoms with Crippen molar-refractivity contribution in [2.75, 3.05) is 26.2 Å². The number of guanidine groups is 1. The molecule has 3 rings (SSSR count). The molecule has 2 N–H and O–H groups in total. The summed E-state index contributed by atoms with van der Waals surface area (Å²) in [4.78, 5) is 6.20. The van der Waals surface area contributed by atoms with Crippen LogP contribution in [0.2, 0.25) is 0 Å². The second-order valence-corrected chi connectivity index (χ2v) is 8.10. The summed E-state index contributed by atoms with van der Waals surface area (Å²) < 4.78 is 6.12. The van der Waals surface area contributed by atoms with E-state index in [0.29, 0.717) is 11.8 Å². The van der Waals surface area contributed by atoms with Gasteiger partial charge in [-0.05, 0) is 36.8 Å². The van der Waals surface area contributed by atoms with Gasteiger partial charge in [0.05, 0.1) is 12.6 Å². The van der Waals surface area contributed by atoms with Crippen molar-refractivity contribution in [2.24, 2.45) is 10.9 Å². The maximum atomic E-state index is 6.12. The van der Waals surface area contributed by atoms with Crippen molar-refractivity contribution in [2.45, 2.75) is 38.7 Å². The van der Waals surface area contributed by atoms with E-state index in [1.54, 1.807) is 11.3 Å². The molecule has 1 fully saturated rings. The third-order valence-electron chi connectivity index (χ3n) is 5.00.